The van der Waals surface area contributed by atoms with Gasteiger partial charge in [-0.3, -0.25) is 14.2 Å². The Hall–Kier alpha value is -2.60. The molecule has 0 saturated heterocycles. The maximum absolute atomic E-state index is 12.4. The van der Waals surface area contributed by atoms with E-state index >= 15 is 0 Å². The summed E-state index contributed by atoms with van der Waals surface area (Å²) in [5, 5.41) is 2.86. The fourth-order valence-corrected chi connectivity index (χ4v) is 3.57. The highest BCUT2D eigenvalue weighted by Gasteiger charge is 2.13. The smallest absolute Gasteiger partial charge is 0.308 e. The molecule has 0 saturated carbocycles. The van der Waals surface area contributed by atoms with Crippen LogP contribution in [0, 0.1) is 0 Å². The van der Waals surface area contributed by atoms with Crippen molar-refractivity contribution >= 4 is 33.1 Å². The molecular formula is C18H18N2O3S. The van der Waals surface area contributed by atoms with Crippen molar-refractivity contribution in [3.8, 4) is 5.75 Å². The molecule has 1 amide bonds. The van der Waals surface area contributed by atoms with Crippen molar-refractivity contribution in [1.29, 1.82) is 0 Å². The summed E-state index contributed by atoms with van der Waals surface area (Å²) in [5.41, 5.74) is 2.03. The van der Waals surface area contributed by atoms with E-state index in [4.69, 9.17) is 4.74 Å². The van der Waals surface area contributed by atoms with Gasteiger partial charge in [-0.05, 0) is 36.8 Å². The van der Waals surface area contributed by atoms with Crippen LogP contribution in [-0.2, 0) is 6.54 Å². The van der Waals surface area contributed by atoms with Gasteiger partial charge in [-0.15, -0.1) is 0 Å². The van der Waals surface area contributed by atoms with Crippen molar-refractivity contribution in [3.63, 3.8) is 0 Å². The zero-order valence-corrected chi connectivity index (χ0v) is 14.4. The molecule has 2 aromatic carbocycles. The number of nitrogens with zero attached hydrogens (tertiary/aromatic N) is 1. The van der Waals surface area contributed by atoms with E-state index in [-0.39, 0.29) is 10.8 Å². The van der Waals surface area contributed by atoms with Crippen molar-refractivity contribution in [2.75, 3.05) is 12.4 Å². The molecule has 1 N–H and O–H groups in total. The van der Waals surface area contributed by atoms with Crippen LogP contribution in [0.4, 0.5) is 5.69 Å². The van der Waals surface area contributed by atoms with Gasteiger partial charge in [0.15, 0.2) is 0 Å². The molecule has 0 fully saturated rings. The highest BCUT2D eigenvalue weighted by atomic mass is 32.1. The van der Waals surface area contributed by atoms with Gasteiger partial charge in [-0.25, -0.2) is 0 Å². The van der Waals surface area contributed by atoms with E-state index in [9.17, 15) is 9.59 Å². The normalized spacial score (nSPS) is 10.8. The van der Waals surface area contributed by atoms with Crippen LogP contribution in [0.5, 0.6) is 5.75 Å². The Balaban J connectivity index is 1.90. The number of thiazole rings is 1. The van der Waals surface area contributed by atoms with Crippen molar-refractivity contribution in [2.45, 2.75) is 19.9 Å². The molecule has 24 heavy (non-hydrogen) atoms. The van der Waals surface area contributed by atoms with E-state index in [1.54, 1.807) is 22.8 Å². The van der Waals surface area contributed by atoms with Gasteiger partial charge >= 0.3 is 4.87 Å². The molecule has 0 aliphatic rings. The van der Waals surface area contributed by atoms with E-state index in [1.165, 1.54) is 18.4 Å². The third kappa shape index (κ3) is 3.05. The molecule has 6 heteroatoms. The first-order valence-electron chi connectivity index (χ1n) is 7.71. The van der Waals surface area contributed by atoms with Crippen molar-refractivity contribution < 1.29 is 9.53 Å². The number of benzene rings is 2. The standard InChI is InChI=1S/C18H18N2O3S/c1-3-10-20-14-9-8-12(11-16(14)24-18(20)22)19-17(21)13-6-4-5-7-15(13)23-2/h4-9,11H,3,10H2,1-2H3,(H,19,21). The highest BCUT2D eigenvalue weighted by molar-refractivity contribution is 7.16. The SMILES string of the molecule is CCCn1c(=O)sc2cc(NC(=O)c3ccccc3OC)ccc21. The first-order valence-corrected chi connectivity index (χ1v) is 8.53. The lowest BCUT2D eigenvalue weighted by atomic mass is 10.2. The molecule has 5 nitrogen and oxygen atoms in total. The van der Waals surface area contributed by atoms with E-state index in [0.29, 0.717) is 23.5 Å². The number of anilines is 1. The summed E-state index contributed by atoms with van der Waals surface area (Å²) in [7, 11) is 1.53. The molecule has 0 aliphatic carbocycles. The number of carbonyl (C=O) groups excluding carboxylic acids is 1. The fraction of sp³-hybridized carbons (Fsp3) is 0.222. The predicted molar refractivity (Wildman–Crippen MR) is 97.3 cm³/mol. The number of aryl methyl sites for hydroxylation is 1. The van der Waals surface area contributed by atoms with Crippen LogP contribution in [0.3, 0.4) is 0 Å². The third-order valence-electron chi connectivity index (χ3n) is 3.72. The lowest BCUT2D eigenvalue weighted by Gasteiger charge is -2.09. The molecule has 0 spiro atoms. The van der Waals surface area contributed by atoms with Crippen LogP contribution in [0.15, 0.2) is 47.3 Å². The van der Waals surface area contributed by atoms with Crippen molar-refractivity contribution in [2.24, 2.45) is 0 Å². The summed E-state index contributed by atoms with van der Waals surface area (Å²) in [4.78, 5) is 24.5. The molecule has 3 rings (SSSR count). The van der Waals surface area contributed by atoms with Crippen LogP contribution in [0.25, 0.3) is 10.2 Å². The number of fused-ring (bicyclic) bond motifs is 1. The molecule has 0 radical (unpaired) electrons. The average Bonchev–Trinajstić information content (AvgIpc) is 2.90. The largest absolute Gasteiger partial charge is 0.496 e. The summed E-state index contributed by atoms with van der Waals surface area (Å²) >= 11 is 1.19. The number of ether oxygens (including phenoxy) is 1. The van der Waals surface area contributed by atoms with Gasteiger partial charge in [-0.2, -0.15) is 0 Å². The number of amides is 1. The Bertz CT molecular complexity index is 943. The Kier molecular flexibility index (Phi) is 4.66. The Morgan fingerprint density at radius 2 is 2.04 bits per heavy atom. The van der Waals surface area contributed by atoms with Crippen LogP contribution < -0.4 is 14.9 Å². The minimum absolute atomic E-state index is 0.0278. The van der Waals surface area contributed by atoms with E-state index in [2.05, 4.69) is 5.32 Å². The van der Waals surface area contributed by atoms with Gasteiger partial charge in [0.2, 0.25) is 0 Å². The maximum Gasteiger partial charge on any atom is 0.308 e. The minimum Gasteiger partial charge on any atom is -0.496 e. The molecule has 0 atom stereocenters. The molecule has 0 bridgehead atoms. The lowest BCUT2D eigenvalue weighted by Crippen LogP contribution is -2.13. The number of nitrogens with one attached hydrogen (secondary N) is 1. The number of carbonyl (C=O) groups is 1. The summed E-state index contributed by atoms with van der Waals surface area (Å²) in [6.07, 6.45) is 0.901. The number of rotatable bonds is 5. The quantitative estimate of drug-likeness (QED) is 0.768. The molecular weight excluding hydrogens is 324 g/mol. The summed E-state index contributed by atoms with van der Waals surface area (Å²) in [6, 6.07) is 12.6. The van der Waals surface area contributed by atoms with E-state index in [1.807, 2.05) is 31.2 Å². The highest BCUT2D eigenvalue weighted by Crippen LogP contribution is 2.24. The molecule has 0 aliphatic heterocycles. The predicted octanol–water partition coefficient (Wildman–Crippen LogP) is 3.73. The van der Waals surface area contributed by atoms with E-state index in [0.717, 1.165) is 16.6 Å². The second kappa shape index (κ2) is 6.88. The topological polar surface area (TPSA) is 60.3 Å². The minimum atomic E-state index is -0.243. The van der Waals surface area contributed by atoms with Crippen LogP contribution in [-0.4, -0.2) is 17.6 Å². The van der Waals surface area contributed by atoms with Gasteiger partial charge in [0, 0.05) is 12.2 Å². The number of aromatic nitrogens is 1. The number of hydrogen-bond acceptors (Lipinski definition) is 4. The molecule has 1 heterocycles. The first-order chi connectivity index (χ1) is 11.6. The van der Waals surface area contributed by atoms with Gasteiger partial charge in [0.25, 0.3) is 5.91 Å². The third-order valence-corrected chi connectivity index (χ3v) is 4.67. The van der Waals surface area contributed by atoms with Gasteiger partial charge in [0.05, 0.1) is 22.9 Å². The fourth-order valence-electron chi connectivity index (χ4n) is 2.61. The maximum atomic E-state index is 12.4. The molecule has 1 aromatic heterocycles. The first kappa shape index (κ1) is 16.3. The number of para-hydroxylation sites is 1. The Morgan fingerprint density at radius 1 is 1.25 bits per heavy atom. The second-order valence-corrected chi connectivity index (χ2v) is 6.35. The molecule has 3 aromatic rings. The number of methoxy groups -OCH3 is 1. The van der Waals surface area contributed by atoms with Crippen LogP contribution >= 0.6 is 11.3 Å². The zero-order chi connectivity index (χ0) is 17.1. The van der Waals surface area contributed by atoms with Crippen LogP contribution in [0.1, 0.15) is 23.7 Å². The average molecular weight is 342 g/mol. The Morgan fingerprint density at radius 3 is 2.79 bits per heavy atom. The lowest BCUT2D eigenvalue weighted by molar-refractivity contribution is 0.102. The summed E-state index contributed by atoms with van der Waals surface area (Å²) < 4.78 is 7.85. The monoisotopic (exact) mass is 342 g/mol. The van der Waals surface area contributed by atoms with Crippen molar-refractivity contribution in [1.82, 2.24) is 4.57 Å². The molecule has 124 valence electrons. The van der Waals surface area contributed by atoms with Gasteiger partial charge < -0.3 is 10.1 Å². The number of hydrogen-bond donors (Lipinski definition) is 1. The van der Waals surface area contributed by atoms with Gasteiger partial charge in [0.1, 0.15) is 5.75 Å². The van der Waals surface area contributed by atoms with Crippen LogP contribution in [0.2, 0.25) is 0 Å². The second-order valence-electron chi connectivity index (χ2n) is 5.36. The summed E-state index contributed by atoms with van der Waals surface area (Å²) in [6.45, 7) is 2.74. The zero-order valence-electron chi connectivity index (χ0n) is 13.5. The van der Waals surface area contributed by atoms with Crippen molar-refractivity contribution in [3.05, 3.63) is 57.7 Å². The molecule has 0 unspecified atom stereocenters. The van der Waals surface area contributed by atoms with E-state index < -0.39 is 0 Å². The summed E-state index contributed by atoms with van der Waals surface area (Å²) in [5.74, 6) is 0.280. The van der Waals surface area contributed by atoms with Gasteiger partial charge in [-0.1, -0.05) is 30.4 Å². The Labute approximate surface area is 143 Å².